The van der Waals surface area contributed by atoms with Crippen LogP contribution in [-0.4, -0.2) is 43.4 Å². The second-order valence-electron chi connectivity index (χ2n) is 7.12. The van der Waals surface area contributed by atoms with Crippen LogP contribution in [0.25, 0.3) is 0 Å². The van der Waals surface area contributed by atoms with Gasteiger partial charge < -0.3 is 10.6 Å². The number of hydrogen-bond acceptors (Lipinski definition) is 5. The number of nitrogens with two attached hydrogens (primary N) is 1. The van der Waals surface area contributed by atoms with Crippen LogP contribution in [0.4, 0.5) is 5.82 Å². The van der Waals surface area contributed by atoms with Crippen LogP contribution in [0.5, 0.6) is 0 Å². The Morgan fingerprint density at radius 3 is 2.17 bits per heavy atom. The summed E-state index contributed by atoms with van der Waals surface area (Å²) in [5.74, 6) is 1.56. The van der Waals surface area contributed by atoms with Crippen LogP contribution in [0.2, 0.25) is 0 Å². The first-order valence-corrected chi connectivity index (χ1v) is 10.00. The SMILES string of the molecule is Cc1cc2n(n1)CCCC(=O)N2C.NC(=O)c1nc2n(n1)CCC2.c1ccccc1. The van der Waals surface area contributed by atoms with Gasteiger partial charge >= 0.3 is 0 Å². The van der Waals surface area contributed by atoms with Crippen molar-refractivity contribution >= 4 is 17.6 Å². The van der Waals surface area contributed by atoms with Crippen LogP contribution in [-0.2, 0) is 24.3 Å². The number of rotatable bonds is 1. The van der Waals surface area contributed by atoms with Crippen molar-refractivity contribution < 1.29 is 9.59 Å². The van der Waals surface area contributed by atoms with Crippen molar-refractivity contribution in [3.63, 3.8) is 0 Å². The largest absolute Gasteiger partial charge is 0.363 e. The lowest BCUT2D eigenvalue weighted by Crippen LogP contribution is -2.25. The van der Waals surface area contributed by atoms with Gasteiger partial charge in [-0.05, 0) is 19.8 Å². The second kappa shape index (κ2) is 9.82. The van der Waals surface area contributed by atoms with E-state index in [1.54, 1.807) is 16.6 Å². The highest BCUT2D eigenvalue weighted by Crippen LogP contribution is 2.20. The molecule has 158 valence electrons. The average molecular weight is 409 g/mol. The Kier molecular flexibility index (Phi) is 6.95. The number of aryl methyl sites for hydroxylation is 4. The minimum absolute atomic E-state index is 0.139. The monoisotopic (exact) mass is 409 g/mol. The number of hydrogen-bond donors (Lipinski definition) is 1. The smallest absolute Gasteiger partial charge is 0.288 e. The summed E-state index contributed by atoms with van der Waals surface area (Å²) in [7, 11) is 1.81. The molecule has 0 saturated carbocycles. The Labute approximate surface area is 175 Å². The minimum atomic E-state index is -0.549. The first-order chi connectivity index (χ1) is 14.5. The van der Waals surface area contributed by atoms with Gasteiger partial charge in [-0.2, -0.15) is 5.10 Å². The molecule has 0 spiro atoms. The molecule has 0 unspecified atom stereocenters. The summed E-state index contributed by atoms with van der Waals surface area (Å²) in [5.41, 5.74) is 5.97. The van der Waals surface area contributed by atoms with Gasteiger partial charge in [-0.25, -0.2) is 14.3 Å². The summed E-state index contributed by atoms with van der Waals surface area (Å²) >= 11 is 0. The van der Waals surface area contributed by atoms with Crippen molar-refractivity contribution in [1.29, 1.82) is 0 Å². The van der Waals surface area contributed by atoms with Gasteiger partial charge in [0.15, 0.2) is 0 Å². The highest BCUT2D eigenvalue weighted by atomic mass is 16.2. The fourth-order valence-electron chi connectivity index (χ4n) is 3.26. The molecule has 1 aromatic carbocycles. The maximum atomic E-state index is 11.5. The highest BCUT2D eigenvalue weighted by Gasteiger charge is 2.19. The van der Waals surface area contributed by atoms with Crippen LogP contribution in [0.15, 0.2) is 42.5 Å². The van der Waals surface area contributed by atoms with E-state index < -0.39 is 5.91 Å². The molecule has 9 heteroatoms. The van der Waals surface area contributed by atoms with Crippen molar-refractivity contribution in [2.45, 2.75) is 45.7 Å². The first-order valence-electron chi connectivity index (χ1n) is 10.00. The van der Waals surface area contributed by atoms with E-state index in [1.807, 2.05) is 54.1 Å². The van der Waals surface area contributed by atoms with E-state index >= 15 is 0 Å². The van der Waals surface area contributed by atoms with Gasteiger partial charge in [-0.1, -0.05) is 36.4 Å². The van der Waals surface area contributed by atoms with Crippen LogP contribution in [0.3, 0.4) is 0 Å². The molecule has 9 nitrogen and oxygen atoms in total. The zero-order valence-electron chi connectivity index (χ0n) is 17.4. The van der Waals surface area contributed by atoms with E-state index in [0.29, 0.717) is 6.42 Å². The number of carbonyl (C=O) groups excluding carboxylic acids is 2. The molecule has 2 amide bonds. The Morgan fingerprint density at radius 1 is 0.967 bits per heavy atom. The van der Waals surface area contributed by atoms with Gasteiger partial charge in [0.2, 0.25) is 11.7 Å². The normalized spacial score (nSPS) is 14.5. The number of carbonyl (C=O) groups is 2. The van der Waals surface area contributed by atoms with Crippen LogP contribution >= 0.6 is 0 Å². The Balaban J connectivity index is 0.000000136. The predicted molar refractivity (Wildman–Crippen MR) is 113 cm³/mol. The molecule has 2 N–H and O–H groups in total. The van der Waals surface area contributed by atoms with E-state index in [4.69, 9.17) is 5.73 Å². The van der Waals surface area contributed by atoms with Gasteiger partial charge in [-0.15, -0.1) is 5.10 Å². The molecule has 4 heterocycles. The lowest BCUT2D eigenvalue weighted by molar-refractivity contribution is -0.118. The summed E-state index contributed by atoms with van der Waals surface area (Å²) in [6.07, 6.45) is 3.48. The fraction of sp³-hybridized carbons (Fsp3) is 0.381. The van der Waals surface area contributed by atoms with Crippen molar-refractivity contribution in [3.05, 3.63) is 59.8 Å². The molecular formula is C21H27N7O2. The molecule has 0 radical (unpaired) electrons. The third-order valence-electron chi connectivity index (χ3n) is 4.76. The predicted octanol–water partition coefficient (Wildman–Crippen LogP) is 1.96. The van der Waals surface area contributed by atoms with E-state index in [1.165, 1.54) is 0 Å². The number of primary amides is 1. The topological polar surface area (TPSA) is 112 Å². The summed E-state index contributed by atoms with van der Waals surface area (Å²) in [5, 5.41) is 8.24. The maximum absolute atomic E-state index is 11.5. The molecule has 0 fully saturated rings. The summed E-state index contributed by atoms with van der Waals surface area (Å²) in [4.78, 5) is 27.7. The molecule has 3 aromatic rings. The zero-order chi connectivity index (χ0) is 21.5. The van der Waals surface area contributed by atoms with E-state index in [9.17, 15) is 9.59 Å². The zero-order valence-corrected chi connectivity index (χ0v) is 17.4. The van der Waals surface area contributed by atoms with E-state index in [0.717, 1.165) is 49.7 Å². The number of anilines is 1. The molecule has 2 aliphatic rings. The van der Waals surface area contributed by atoms with Gasteiger partial charge in [0.1, 0.15) is 11.6 Å². The molecule has 5 rings (SSSR count). The third kappa shape index (κ3) is 5.31. The molecule has 0 aliphatic carbocycles. The van der Waals surface area contributed by atoms with Crippen LogP contribution < -0.4 is 10.6 Å². The lowest BCUT2D eigenvalue weighted by atomic mass is 10.3. The molecule has 2 aliphatic heterocycles. The Morgan fingerprint density at radius 2 is 1.57 bits per heavy atom. The quantitative estimate of drug-likeness (QED) is 0.660. The molecule has 2 aromatic heterocycles. The van der Waals surface area contributed by atoms with Crippen LogP contribution in [0, 0.1) is 6.92 Å². The van der Waals surface area contributed by atoms with Gasteiger partial charge in [0, 0.05) is 39.0 Å². The fourth-order valence-corrected chi connectivity index (χ4v) is 3.26. The summed E-state index contributed by atoms with van der Waals surface area (Å²) < 4.78 is 3.64. The maximum Gasteiger partial charge on any atom is 0.288 e. The molecule has 30 heavy (non-hydrogen) atoms. The Bertz CT molecular complexity index is 946. The Hall–Kier alpha value is -3.49. The number of aromatic nitrogens is 5. The molecule has 0 bridgehead atoms. The van der Waals surface area contributed by atoms with E-state index in [2.05, 4.69) is 15.2 Å². The first kappa shape index (κ1) is 21.2. The average Bonchev–Trinajstić information content (AvgIpc) is 3.42. The van der Waals surface area contributed by atoms with Crippen molar-refractivity contribution in [2.24, 2.45) is 5.73 Å². The number of benzene rings is 1. The number of amides is 2. The summed E-state index contributed by atoms with van der Waals surface area (Å²) in [6.45, 7) is 3.65. The van der Waals surface area contributed by atoms with Gasteiger partial charge in [-0.3, -0.25) is 9.59 Å². The summed E-state index contributed by atoms with van der Waals surface area (Å²) in [6, 6.07) is 13.9. The van der Waals surface area contributed by atoms with Crippen LogP contribution in [0.1, 0.15) is 41.4 Å². The second-order valence-corrected chi connectivity index (χ2v) is 7.12. The third-order valence-corrected chi connectivity index (χ3v) is 4.76. The molecular weight excluding hydrogens is 382 g/mol. The van der Waals surface area contributed by atoms with Gasteiger partial charge in [0.25, 0.3) is 5.91 Å². The van der Waals surface area contributed by atoms with Crippen molar-refractivity contribution in [1.82, 2.24) is 24.5 Å². The van der Waals surface area contributed by atoms with Gasteiger partial charge in [0.05, 0.1) is 5.69 Å². The minimum Gasteiger partial charge on any atom is -0.363 e. The number of nitrogens with zero attached hydrogens (tertiary/aromatic N) is 6. The molecule has 0 atom stereocenters. The van der Waals surface area contributed by atoms with Crippen molar-refractivity contribution in [3.8, 4) is 0 Å². The standard InChI is InChI=1S/C9H13N3O.C6H8N4O.C6H6/c1-7-6-8-11(2)9(13)4-3-5-12(8)10-7;7-5(11)6-8-4-2-1-3-10(4)9-6;1-2-4-6-5-3-1/h6H,3-5H2,1-2H3;1-3H2,(H2,7,11);1-6H. The highest BCUT2D eigenvalue weighted by molar-refractivity contribution is 5.92. The molecule has 0 saturated heterocycles. The number of fused-ring (bicyclic) bond motifs is 2. The van der Waals surface area contributed by atoms with Crippen molar-refractivity contribution in [2.75, 3.05) is 11.9 Å². The lowest BCUT2D eigenvalue weighted by Gasteiger charge is -2.13. The van der Waals surface area contributed by atoms with E-state index in [-0.39, 0.29) is 11.7 Å².